The van der Waals surface area contributed by atoms with E-state index in [1.807, 2.05) is 13.0 Å². The lowest BCUT2D eigenvalue weighted by molar-refractivity contribution is -0.123. The number of hydrogen-bond donors (Lipinski definition) is 2. The minimum absolute atomic E-state index is 0.0791. The van der Waals surface area contributed by atoms with Crippen molar-refractivity contribution in [1.82, 2.24) is 15.3 Å². The first-order valence-electron chi connectivity index (χ1n) is 6.87. The highest BCUT2D eigenvalue weighted by Crippen LogP contribution is 2.18. The normalized spacial score (nSPS) is 19.2. The number of rotatable bonds is 5. The molecule has 0 aliphatic carbocycles. The molecule has 1 aromatic heterocycles. The zero-order valence-electron chi connectivity index (χ0n) is 11.5. The molecule has 1 amide bonds. The van der Waals surface area contributed by atoms with Gasteiger partial charge in [-0.15, -0.1) is 0 Å². The molecular weight excluding hydrogens is 242 g/mol. The molecule has 1 fully saturated rings. The Labute approximate surface area is 113 Å². The van der Waals surface area contributed by atoms with E-state index in [0.29, 0.717) is 12.5 Å². The van der Waals surface area contributed by atoms with E-state index in [1.54, 1.807) is 6.20 Å². The SMILES string of the molecule is CCCNc1nccc(N2CCNC(=O)C2CC)n1. The van der Waals surface area contributed by atoms with Crippen molar-refractivity contribution in [2.75, 3.05) is 29.9 Å². The van der Waals surface area contributed by atoms with Gasteiger partial charge in [-0.05, 0) is 18.9 Å². The lowest BCUT2D eigenvalue weighted by atomic mass is 10.1. The zero-order chi connectivity index (χ0) is 13.7. The molecule has 104 valence electrons. The number of anilines is 2. The molecule has 1 saturated heterocycles. The Bertz CT molecular complexity index is 437. The summed E-state index contributed by atoms with van der Waals surface area (Å²) in [4.78, 5) is 22.6. The summed E-state index contributed by atoms with van der Waals surface area (Å²) in [6, 6.07) is 1.72. The number of piperazine rings is 1. The van der Waals surface area contributed by atoms with E-state index in [0.717, 1.165) is 31.7 Å². The second kappa shape index (κ2) is 6.36. The predicted octanol–water partition coefficient (Wildman–Crippen LogP) is 1.01. The summed E-state index contributed by atoms with van der Waals surface area (Å²) >= 11 is 0. The maximum atomic E-state index is 11.9. The average Bonchev–Trinajstić information content (AvgIpc) is 2.45. The Kier molecular flexibility index (Phi) is 4.54. The van der Waals surface area contributed by atoms with E-state index in [1.165, 1.54) is 0 Å². The Hall–Kier alpha value is -1.85. The maximum Gasteiger partial charge on any atom is 0.242 e. The summed E-state index contributed by atoms with van der Waals surface area (Å²) in [5.74, 6) is 1.52. The van der Waals surface area contributed by atoms with Crippen molar-refractivity contribution in [2.45, 2.75) is 32.7 Å². The van der Waals surface area contributed by atoms with Gasteiger partial charge in [0.2, 0.25) is 11.9 Å². The van der Waals surface area contributed by atoms with E-state index in [-0.39, 0.29) is 11.9 Å². The van der Waals surface area contributed by atoms with Crippen LogP contribution in [0, 0.1) is 0 Å². The summed E-state index contributed by atoms with van der Waals surface area (Å²) in [6.45, 7) is 6.41. The summed E-state index contributed by atoms with van der Waals surface area (Å²) < 4.78 is 0. The number of nitrogens with one attached hydrogen (secondary N) is 2. The average molecular weight is 263 g/mol. The number of carbonyl (C=O) groups is 1. The van der Waals surface area contributed by atoms with Crippen LogP contribution in [-0.4, -0.2) is 41.6 Å². The molecule has 1 unspecified atom stereocenters. The number of aromatic nitrogens is 2. The Morgan fingerprint density at radius 3 is 3.11 bits per heavy atom. The third-order valence-corrected chi connectivity index (χ3v) is 3.19. The fourth-order valence-electron chi connectivity index (χ4n) is 2.23. The van der Waals surface area contributed by atoms with Crippen molar-refractivity contribution in [2.24, 2.45) is 0 Å². The number of nitrogens with zero attached hydrogens (tertiary/aromatic N) is 3. The smallest absolute Gasteiger partial charge is 0.242 e. The van der Waals surface area contributed by atoms with Crippen LogP contribution in [0.3, 0.4) is 0 Å². The highest BCUT2D eigenvalue weighted by molar-refractivity contribution is 5.86. The minimum atomic E-state index is -0.136. The quantitative estimate of drug-likeness (QED) is 0.830. The van der Waals surface area contributed by atoms with E-state index >= 15 is 0 Å². The van der Waals surface area contributed by atoms with Crippen molar-refractivity contribution >= 4 is 17.7 Å². The molecule has 1 aromatic rings. The van der Waals surface area contributed by atoms with Crippen molar-refractivity contribution in [1.29, 1.82) is 0 Å². The molecule has 6 nitrogen and oxygen atoms in total. The van der Waals surface area contributed by atoms with Crippen LogP contribution < -0.4 is 15.5 Å². The van der Waals surface area contributed by atoms with Gasteiger partial charge in [0.25, 0.3) is 0 Å². The highest BCUT2D eigenvalue weighted by Gasteiger charge is 2.29. The van der Waals surface area contributed by atoms with Crippen molar-refractivity contribution in [3.63, 3.8) is 0 Å². The molecule has 2 heterocycles. The zero-order valence-corrected chi connectivity index (χ0v) is 11.5. The fourth-order valence-corrected chi connectivity index (χ4v) is 2.23. The van der Waals surface area contributed by atoms with Crippen LogP contribution in [0.1, 0.15) is 26.7 Å². The second-order valence-corrected chi connectivity index (χ2v) is 4.57. The van der Waals surface area contributed by atoms with Crippen LogP contribution >= 0.6 is 0 Å². The topological polar surface area (TPSA) is 70.2 Å². The summed E-state index contributed by atoms with van der Waals surface area (Å²) in [5.41, 5.74) is 0. The number of hydrogen-bond acceptors (Lipinski definition) is 5. The standard InChI is InChI=1S/C13H21N5O/c1-3-6-15-13-16-7-5-11(17-13)18-9-8-14-12(19)10(18)4-2/h5,7,10H,3-4,6,8-9H2,1-2H3,(H,14,19)(H,15,16,17). The van der Waals surface area contributed by atoms with E-state index < -0.39 is 0 Å². The molecular formula is C13H21N5O. The second-order valence-electron chi connectivity index (χ2n) is 4.57. The summed E-state index contributed by atoms with van der Waals surface area (Å²) in [5, 5.41) is 6.06. The molecule has 0 radical (unpaired) electrons. The van der Waals surface area contributed by atoms with Gasteiger partial charge < -0.3 is 15.5 Å². The third kappa shape index (κ3) is 3.13. The van der Waals surface area contributed by atoms with Gasteiger partial charge in [-0.3, -0.25) is 4.79 Å². The Balaban J connectivity index is 2.17. The van der Waals surface area contributed by atoms with Gasteiger partial charge in [0.1, 0.15) is 11.9 Å². The molecule has 1 aliphatic heterocycles. The van der Waals surface area contributed by atoms with Gasteiger partial charge in [-0.2, -0.15) is 4.98 Å². The van der Waals surface area contributed by atoms with Gasteiger partial charge in [-0.25, -0.2) is 4.98 Å². The Morgan fingerprint density at radius 2 is 2.37 bits per heavy atom. The first-order chi connectivity index (χ1) is 9.26. The maximum absolute atomic E-state index is 11.9. The van der Waals surface area contributed by atoms with Gasteiger partial charge in [-0.1, -0.05) is 13.8 Å². The van der Waals surface area contributed by atoms with Crippen molar-refractivity contribution in [3.05, 3.63) is 12.3 Å². The van der Waals surface area contributed by atoms with Crippen LogP contribution in [0.25, 0.3) is 0 Å². The minimum Gasteiger partial charge on any atom is -0.354 e. The third-order valence-electron chi connectivity index (χ3n) is 3.19. The fraction of sp³-hybridized carbons (Fsp3) is 0.615. The molecule has 6 heteroatoms. The highest BCUT2D eigenvalue weighted by atomic mass is 16.2. The largest absolute Gasteiger partial charge is 0.354 e. The first-order valence-corrected chi connectivity index (χ1v) is 6.87. The number of carbonyl (C=O) groups excluding carboxylic acids is 1. The summed E-state index contributed by atoms with van der Waals surface area (Å²) in [7, 11) is 0. The molecule has 0 spiro atoms. The molecule has 1 atom stereocenters. The van der Waals surface area contributed by atoms with Crippen LogP contribution in [0.2, 0.25) is 0 Å². The number of amides is 1. The van der Waals surface area contributed by atoms with Gasteiger partial charge in [0.15, 0.2) is 0 Å². The lowest BCUT2D eigenvalue weighted by Crippen LogP contribution is -2.55. The van der Waals surface area contributed by atoms with Gasteiger partial charge in [0.05, 0.1) is 0 Å². The molecule has 0 aromatic carbocycles. The van der Waals surface area contributed by atoms with E-state index in [9.17, 15) is 4.79 Å². The molecule has 19 heavy (non-hydrogen) atoms. The molecule has 0 bridgehead atoms. The van der Waals surface area contributed by atoms with E-state index in [2.05, 4.69) is 32.4 Å². The van der Waals surface area contributed by atoms with Gasteiger partial charge >= 0.3 is 0 Å². The van der Waals surface area contributed by atoms with Crippen LogP contribution in [0.15, 0.2) is 12.3 Å². The van der Waals surface area contributed by atoms with Crippen LogP contribution in [0.4, 0.5) is 11.8 Å². The van der Waals surface area contributed by atoms with E-state index in [4.69, 9.17) is 0 Å². The first kappa shape index (κ1) is 13.6. The monoisotopic (exact) mass is 263 g/mol. The molecule has 0 saturated carbocycles. The van der Waals surface area contributed by atoms with Crippen LogP contribution in [0.5, 0.6) is 0 Å². The lowest BCUT2D eigenvalue weighted by Gasteiger charge is -2.35. The van der Waals surface area contributed by atoms with Crippen LogP contribution in [-0.2, 0) is 4.79 Å². The molecule has 2 N–H and O–H groups in total. The predicted molar refractivity (Wildman–Crippen MR) is 75.2 cm³/mol. The molecule has 2 rings (SSSR count). The molecule has 1 aliphatic rings. The summed E-state index contributed by atoms with van der Waals surface area (Å²) in [6.07, 6.45) is 3.53. The van der Waals surface area contributed by atoms with Gasteiger partial charge in [0, 0.05) is 25.8 Å². The van der Waals surface area contributed by atoms with Crippen molar-refractivity contribution in [3.8, 4) is 0 Å². The van der Waals surface area contributed by atoms with Crippen molar-refractivity contribution < 1.29 is 4.79 Å². The Morgan fingerprint density at radius 1 is 1.53 bits per heavy atom.